The van der Waals surface area contributed by atoms with Crippen molar-refractivity contribution in [1.29, 1.82) is 10.8 Å². The van der Waals surface area contributed by atoms with E-state index in [-0.39, 0.29) is 63.8 Å². The Bertz CT molecular complexity index is 2070. The van der Waals surface area contributed by atoms with Crippen LogP contribution >= 0.6 is 11.8 Å². The Morgan fingerprint density at radius 2 is 0.747 bits per heavy atom. The number of carbonyl (C=O) groups is 13. The van der Waals surface area contributed by atoms with Crippen LogP contribution < -0.4 is 81.8 Å². The first-order valence-corrected chi connectivity index (χ1v) is 24.8. The quantitative estimate of drug-likeness (QED) is 0.0154. The highest BCUT2D eigenvalue weighted by molar-refractivity contribution is 7.98. The maximum Gasteiger partial charge on any atom is 0.303 e. The topological polar surface area (TPSA) is 560 Å². The van der Waals surface area contributed by atoms with Crippen molar-refractivity contribution in [2.45, 2.75) is 146 Å². The molecular weight excluding hydrogens is 1010 g/mol. The van der Waals surface area contributed by atoms with Gasteiger partial charge in [-0.3, -0.25) is 73.1 Å². The number of guanidine groups is 2. The summed E-state index contributed by atoms with van der Waals surface area (Å²) in [6.45, 7) is 2.33. The molecule has 0 aromatic rings. The van der Waals surface area contributed by atoms with Crippen LogP contribution in [0.2, 0.25) is 0 Å². The molecule has 0 radical (unpaired) electrons. The van der Waals surface area contributed by atoms with Crippen molar-refractivity contribution in [3.05, 3.63) is 0 Å². The van der Waals surface area contributed by atoms with Gasteiger partial charge in [-0.05, 0) is 76.7 Å². The first-order chi connectivity index (χ1) is 35.1. The molecule has 0 rings (SSSR count). The van der Waals surface area contributed by atoms with Gasteiger partial charge in [0.1, 0.15) is 48.3 Å². The number of rotatable bonds is 39. The number of carbonyl (C=O) groups excluding carboxylic acids is 11. The predicted octanol–water partition coefficient (Wildman–Crippen LogP) is -7.07. The van der Waals surface area contributed by atoms with E-state index in [1.807, 2.05) is 0 Å². The Morgan fingerprint density at radius 3 is 1.07 bits per heavy atom. The van der Waals surface area contributed by atoms with Crippen LogP contribution in [-0.2, 0) is 62.3 Å². The number of primary amides is 3. The van der Waals surface area contributed by atoms with Gasteiger partial charge in [0, 0.05) is 45.7 Å². The Morgan fingerprint density at radius 1 is 0.440 bits per heavy atom. The van der Waals surface area contributed by atoms with E-state index in [2.05, 4.69) is 53.2 Å². The van der Waals surface area contributed by atoms with Crippen LogP contribution in [0.3, 0.4) is 0 Å². The molecule has 0 aliphatic carbocycles. The van der Waals surface area contributed by atoms with Crippen molar-refractivity contribution in [3.63, 3.8) is 0 Å². The summed E-state index contributed by atoms with van der Waals surface area (Å²) < 4.78 is 0. The van der Waals surface area contributed by atoms with Crippen LogP contribution in [0.15, 0.2) is 0 Å². The molecule has 0 aromatic heterocycles. The van der Waals surface area contributed by atoms with Gasteiger partial charge in [0.15, 0.2) is 11.9 Å². The third-order valence-corrected chi connectivity index (χ3v) is 11.1. The van der Waals surface area contributed by atoms with Gasteiger partial charge >= 0.3 is 11.9 Å². The van der Waals surface area contributed by atoms with Crippen molar-refractivity contribution in [3.8, 4) is 0 Å². The van der Waals surface area contributed by atoms with Crippen molar-refractivity contribution >= 4 is 101 Å². The minimum atomic E-state index is -1.66. The van der Waals surface area contributed by atoms with Crippen molar-refractivity contribution < 1.29 is 72.5 Å². The molecule has 24 N–H and O–H groups in total. The van der Waals surface area contributed by atoms with Crippen LogP contribution in [0.25, 0.3) is 0 Å². The maximum atomic E-state index is 14.1. The average Bonchev–Trinajstić information content (AvgIpc) is 3.31. The highest BCUT2D eigenvalue weighted by Gasteiger charge is 2.34. The zero-order chi connectivity index (χ0) is 57.4. The average molecular weight is 1090 g/mol. The van der Waals surface area contributed by atoms with Crippen LogP contribution in [0.1, 0.15) is 97.3 Å². The number of hydrogen-bond acceptors (Lipinski definition) is 16. The molecule has 75 heavy (non-hydrogen) atoms. The summed E-state index contributed by atoms with van der Waals surface area (Å²) in [5.74, 6) is -13.8. The lowest BCUT2D eigenvalue weighted by Crippen LogP contribution is -2.60. The molecular formula is C42H73N17O15S. The van der Waals surface area contributed by atoms with Gasteiger partial charge in [-0.1, -0.05) is 0 Å². The summed E-state index contributed by atoms with van der Waals surface area (Å²) in [5, 5.41) is 57.7. The second kappa shape index (κ2) is 36.0. The Labute approximate surface area is 435 Å². The fourth-order valence-corrected chi connectivity index (χ4v) is 7.06. The summed E-state index contributed by atoms with van der Waals surface area (Å²) in [5.41, 5.74) is 26.7. The lowest BCUT2D eigenvalue weighted by atomic mass is 10.0. The molecule has 422 valence electrons. The van der Waals surface area contributed by atoms with E-state index in [4.69, 9.17) is 44.6 Å². The molecule has 0 aromatic carbocycles. The Hall–Kier alpha value is -8.00. The standard InChI is InChI=1S/C42H73N17O15S/c1-20(34(68)54-22(33(45)67)8-12-29(43)61)52-35(69)23(6-4-17-50-41(46)47)55-36(70)24(7-5-18-51-42(48)49)56-38(72)26(9-13-30(44)62)57-40(74)28(16-19-75-3)59-39(73)27(11-15-32(65)66)58-37(71)25(53-21(2)60)10-14-31(63)64/h20,22-28H,4-19H2,1-3H3,(H2,43,61)(H2,44,62)(H2,45,67)(H,52,69)(H,53,60)(H,54,68)(H,55,70)(H,56,72)(H,57,74)(H,58,71)(H,59,73)(H,63,64)(H,65,66)(H4,46,47,50)(H4,48,49,51)/t20-,22-,23-,24-,25-,26-,27-,28-/m0/s1. The van der Waals surface area contributed by atoms with E-state index in [0.717, 1.165) is 6.92 Å². The minimum Gasteiger partial charge on any atom is -0.481 e. The summed E-state index contributed by atoms with van der Waals surface area (Å²) in [4.78, 5) is 166. The van der Waals surface area contributed by atoms with E-state index in [1.165, 1.54) is 18.7 Å². The zero-order valence-corrected chi connectivity index (χ0v) is 42.7. The molecule has 0 spiro atoms. The molecule has 8 atom stereocenters. The zero-order valence-electron chi connectivity index (χ0n) is 41.9. The van der Waals surface area contributed by atoms with Crippen LogP contribution in [0.4, 0.5) is 0 Å². The van der Waals surface area contributed by atoms with Crippen molar-refractivity contribution in [1.82, 2.24) is 53.2 Å². The molecule has 0 unspecified atom stereocenters. The fraction of sp³-hybridized carbons (Fsp3) is 0.643. The molecule has 32 nitrogen and oxygen atoms in total. The van der Waals surface area contributed by atoms with E-state index in [9.17, 15) is 67.4 Å². The second-order valence-corrected chi connectivity index (χ2v) is 17.9. The van der Waals surface area contributed by atoms with Gasteiger partial charge in [0.05, 0.1) is 0 Å². The van der Waals surface area contributed by atoms with Crippen molar-refractivity contribution in [2.24, 2.45) is 28.7 Å². The van der Waals surface area contributed by atoms with Crippen molar-refractivity contribution in [2.75, 3.05) is 25.1 Å². The van der Waals surface area contributed by atoms with Crippen LogP contribution in [0, 0.1) is 10.8 Å². The molecule has 0 bridgehead atoms. The Kier molecular flexibility index (Phi) is 32.2. The highest BCUT2D eigenvalue weighted by atomic mass is 32.2. The molecule has 0 saturated heterocycles. The van der Waals surface area contributed by atoms with Gasteiger partial charge < -0.3 is 92.0 Å². The maximum absolute atomic E-state index is 14.1. The molecule has 0 aliphatic rings. The minimum absolute atomic E-state index is 0.00319. The number of nitrogens with two attached hydrogens (primary N) is 5. The predicted molar refractivity (Wildman–Crippen MR) is 268 cm³/mol. The molecule has 0 saturated carbocycles. The summed E-state index contributed by atoms with van der Waals surface area (Å²) in [6, 6.07) is -12.0. The molecule has 0 heterocycles. The first-order valence-electron chi connectivity index (χ1n) is 23.4. The number of nitrogens with one attached hydrogen (secondary N) is 12. The fourth-order valence-electron chi connectivity index (χ4n) is 6.58. The van der Waals surface area contributed by atoms with Gasteiger partial charge in [-0.15, -0.1) is 0 Å². The third kappa shape index (κ3) is 30.6. The summed E-state index contributed by atoms with van der Waals surface area (Å²) in [6.07, 6.45) is -2.43. The number of aliphatic carboxylic acids is 2. The van der Waals surface area contributed by atoms with E-state index < -0.39 is 176 Å². The van der Waals surface area contributed by atoms with E-state index in [0.29, 0.717) is 0 Å². The molecule has 33 heteroatoms. The van der Waals surface area contributed by atoms with Gasteiger partial charge in [0.2, 0.25) is 65.0 Å². The monoisotopic (exact) mass is 1090 g/mol. The largest absolute Gasteiger partial charge is 0.481 e. The number of thioether (sulfide) groups is 1. The lowest BCUT2D eigenvalue weighted by molar-refractivity contribution is -0.140. The first kappa shape index (κ1) is 67.0. The lowest BCUT2D eigenvalue weighted by Gasteiger charge is -2.28. The SMILES string of the molecule is CSCC[C@H](NC(=O)[C@H](CCC(=O)O)NC(=O)[C@H](CCC(=O)O)NC(C)=O)C(=O)N[C@@H](CCC(N)=O)C(=O)N[C@@H](CCCNC(=N)N)C(=O)N[C@@H](CCCNC(=N)N)C(=O)N[C@@H](C)C(=O)N[C@@H](CCC(N)=O)C(N)=O. The normalized spacial score (nSPS) is 13.9. The number of hydrogen-bond donors (Lipinski definition) is 19. The summed E-state index contributed by atoms with van der Waals surface area (Å²) >= 11 is 1.24. The molecule has 0 fully saturated rings. The third-order valence-electron chi connectivity index (χ3n) is 10.5. The molecule has 11 amide bonds. The van der Waals surface area contributed by atoms with Gasteiger partial charge in [0.25, 0.3) is 0 Å². The van der Waals surface area contributed by atoms with Crippen LogP contribution in [-0.4, -0.2) is 172 Å². The van der Waals surface area contributed by atoms with Gasteiger partial charge in [-0.2, -0.15) is 11.8 Å². The smallest absolute Gasteiger partial charge is 0.303 e. The summed E-state index contributed by atoms with van der Waals surface area (Å²) in [7, 11) is 0. The van der Waals surface area contributed by atoms with E-state index in [1.54, 1.807) is 6.26 Å². The van der Waals surface area contributed by atoms with Gasteiger partial charge in [-0.25, -0.2) is 0 Å². The van der Waals surface area contributed by atoms with Crippen LogP contribution in [0.5, 0.6) is 0 Å². The molecule has 0 aliphatic heterocycles. The number of amides is 11. The Balaban J connectivity index is 6.89. The number of carboxylic acid groups (broad SMARTS) is 2. The van der Waals surface area contributed by atoms with E-state index >= 15 is 0 Å². The second-order valence-electron chi connectivity index (χ2n) is 16.9. The highest BCUT2D eigenvalue weighted by Crippen LogP contribution is 2.10. The number of carboxylic acids is 2.